The van der Waals surface area contributed by atoms with Crippen molar-refractivity contribution in [2.75, 3.05) is 7.05 Å². The molecule has 1 fully saturated rings. The highest BCUT2D eigenvalue weighted by molar-refractivity contribution is 6.01. The molecule has 1 unspecified atom stereocenters. The highest BCUT2D eigenvalue weighted by Gasteiger charge is 2.44. The summed E-state index contributed by atoms with van der Waals surface area (Å²) in [6.07, 6.45) is 5.64. The zero-order chi connectivity index (χ0) is 16.4. The van der Waals surface area contributed by atoms with Crippen LogP contribution in [-0.2, 0) is 0 Å². The summed E-state index contributed by atoms with van der Waals surface area (Å²) in [7, 11) is 1.63. The summed E-state index contributed by atoms with van der Waals surface area (Å²) >= 11 is 0. The van der Waals surface area contributed by atoms with Crippen molar-refractivity contribution in [1.82, 2.24) is 19.9 Å². The molecule has 0 bridgehead atoms. The van der Waals surface area contributed by atoms with Gasteiger partial charge in [-0.05, 0) is 18.9 Å². The van der Waals surface area contributed by atoms with Crippen molar-refractivity contribution in [2.45, 2.75) is 18.8 Å². The van der Waals surface area contributed by atoms with Crippen molar-refractivity contribution in [2.24, 2.45) is 4.99 Å². The smallest absolute Gasteiger partial charge is 0.268 e. The Morgan fingerprint density at radius 2 is 2.17 bits per heavy atom. The lowest BCUT2D eigenvalue weighted by Crippen LogP contribution is -3.06. The largest absolute Gasteiger partial charge is 0.271 e. The first-order valence-corrected chi connectivity index (χ1v) is 7.80. The molecule has 8 heteroatoms. The number of nitrogens with zero attached hydrogens (tertiary/aromatic N) is 5. The number of quaternary nitrogens is 1. The molecular formula is C16H14FN6O+. The third kappa shape index (κ3) is 1.68. The highest BCUT2D eigenvalue weighted by Crippen LogP contribution is 2.40. The van der Waals surface area contributed by atoms with Gasteiger partial charge in [-0.3, -0.25) is 9.69 Å². The molecule has 3 aliphatic rings. The SMILES string of the molecule is CN1C(=O)c2c(F)cccc2[NH+]2C=NC(n3nncc3C3CC3)=C12. The maximum Gasteiger partial charge on any atom is 0.271 e. The molecule has 1 amide bonds. The van der Waals surface area contributed by atoms with Crippen molar-refractivity contribution < 1.29 is 14.1 Å². The molecule has 2 aliphatic heterocycles. The molecule has 0 saturated heterocycles. The number of benzene rings is 1. The van der Waals surface area contributed by atoms with E-state index in [9.17, 15) is 9.18 Å². The first-order chi connectivity index (χ1) is 11.7. The van der Waals surface area contributed by atoms with Gasteiger partial charge in [0.1, 0.15) is 11.4 Å². The Morgan fingerprint density at radius 3 is 2.96 bits per heavy atom. The Morgan fingerprint density at radius 1 is 1.33 bits per heavy atom. The van der Waals surface area contributed by atoms with Crippen LogP contribution < -0.4 is 4.90 Å². The van der Waals surface area contributed by atoms with Gasteiger partial charge in [-0.15, -0.1) is 5.10 Å². The second kappa shape index (κ2) is 4.57. The van der Waals surface area contributed by atoms with Gasteiger partial charge < -0.3 is 0 Å². The van der Waals surface area contributed by atoms with Crippen molar-refractivity contribution in [3.05, 3.63) is 47.3 Å². The molecule has 1 N–H and O–H groups in total. The molecule has 120 valence electrons. The fourth-order valence-electron chi connectivity index (χ4n) is 3.35. The van der Waals surface area contributed by atoms with E-state index in [-0.39, 0.29) is 11.5 Å². The summed E-state index contributed by atoms with van der Waals surface area (Å²) < 4.78 is 15.9. The van der Waals surface area contributed by atoms with Crippen LogP contribution in [0.15, 0.2) is 35.2 Å². The van der Waals surface area contributed by atoms with Crippen LogP contribution in [0.4, 0.5) is 10.1 Å². The van der Waals surface area contributed by atoms with Crippen LogP contribution in [0.25, 0.3) is 5.82 Å². The van der Waals surface area contributed by atoms with E-state index in [1.807, 2.05) is 0 Å². The van der Waals surface area contributed by atoms with E-state index < -0.39 is 5.82 Å². The first kappa shape index (κ1) is 13.6. The van der Waals surface area contributed by atoms with Crippen LogP contribution in [0.1, 0.15) is 34.8 Å². The number of carbonyl (C=O) groups excluding carboxylic acids is 1. The van der Waals surface area contributed by atoms with Gasteiger partial charge >= 0.3 is 0 Å². The molecule has 24 heavy (non-hydrogen) atoms. The van der Waals surface area contributed by atoms with Crippen LogP contribution in [0.2, 0.25) is 0 Å². The predicted molar refractivity (Wildman–Crippen MR) is 82.8 cm³/mol. The fraction of sp³-hybridized carbons (Fsp3) is 0.250. The molecule has 1 aromatic carbocycles. The van der Waals surface area contributed by atoms with E-state index in [2.05, 4.69) is 15.3 Å². The Kier molecular flexibility index (Phi) is 2.58. The predicted octanol–water partition coefficient (Wildman–Crippen LogP) is 0.722. The average molecular weight is 325 g/mol. The van der Waals surface area contributed by atoms with Crippen LogP contribution in [0.5, 0.6) is 0 Å². The van der Waals surface area contributed by atoms with Crippen molar-refractivity contribution in [3.63, 3.8) is 0 Å². The zero-order valence-corrected chi connectivity index (χ0v) is 12.9. The van der Waals surface area contributed by atoms with E-state index in [0.717, 1.165) is 23.4 Å². The Balaban J connectivity index is 1.72. The number of carbonyl (C=O) groups is 1. The minimum atomic E-state index is -0.517. The number of fused-ring (bicyclic) bond motifs is 3. The number of hydrogen-bond acceptors (Lipinski definition) is 4. The molecule has 7 nitrogen and oxygen atoms in total. The second-order valence-corrected chi connectivity index (χ2v) is 6.22. The number of aliphatic imine (C=N–C) groups is 1. The topological polar surface area (TPSA) is 67.8 Å². The number of amides is 1. The van der Waals surface area contributed by atoms with Gasteiger partial charge in [0.2, 0.25) is 12.2 Å². The van der Waals surface area contributed by atoms with Crippen molar-refractivity contribution in [3.8, 4) is 0 Å². The summed E-state index contributed by atoms with van der Waals surface area (Å²) in [6, 6.07) is 4.65. The minimum Gasteiger partial charge on any atom is -0.268 e. The highest BCUT2D eigenvalue weighted by atomic mass is 19.1. The van der Waals surface area contributed by atoms with E-state index >= 15 is 0 Å². The Hall–Kier alpha value is -2.87. The van der Waals surface area contributed by atoms with Crippen LogP contribution in [-0.4, -0.2) is 39.2 Å². The van der Waals surface area contributed by atoms with E-state index in [1.54, 1.807) is 36.4 Å². The van der Waals surface area contributed by atoms with E-state index in [4.69, 9.17) is 0 Å². The maximum absolute atomic E-state index is 14.2. The number of aromatic nitrogens is 3. The zero-order valence-electron chi connectivity index (χ0n) is 12.9. The minimum absolute atomic E-state index is 0.0902. The first-order valence-electron chi connectivity index (χ1n) is 7.80. The summed E-state index contributed by atoms with van der Waals surface area (Å²) in [5.74, 6) is 0.762. The van der Waals surface area contributed by atoms with E-state index in [1.165, 1.54) is 11.0 Å². The molecule has 1 aliphatic carbocycles. The standard InChI is InChI=1S/C16H13FN6O/c1-21-15-14(23-12(7-19-20-23)9-5-6-9)18-8-22(15)11-4-2-3-10(17)13(11)16(21)24/h2-4,7-9H,5-6H2,1H3/p+1. The Labute approximate surface area is 136 Å². The lowest BCUT2D eigenvalue weighted by atomic mass is 10.1. The quantitative estimate of drug-likeness (QED) is 0.885. The molecule has 5 rings (SSSR count). The van der Waals surface area contributed by atoms with Gasteiger partial charge in [-0.25, -0.2) is 9.29 Å². The molecule has 2 aromatic rings. The second-order valence-electron chi connectivity index (χ2n) is 6.22. The molecule has 1 saturated carbocycles. The molecule has 3 heterocycles. The third-order valence-corrected chi connectivity index (χ3v) is 4.71. The summed E-state index contributed by atoms with van der Waals surface area (Å²) in [4.78, 5) is 19.3. The average Bonchev–Trinajstić information content (AvgIpc) is 3.14. The fourth-order valence-corrected chi connectivity index (χ4v) is 3.35. The maximum atomic E-state index is 14.2. The number of halogens is 1. The van der Waals surface area contributed by atoms with Crippen molar-refractivity contribution in [1.29, 1.82) is 0 Å². The number of hydrogen-bond donors (Lipinski definition) is 1. The van der Waals surface area contributed by atoms with Gasteiger partial charge in [-0.1, -0.05) is 11.3 Å². The van der Waals surface area contributed by atoms with Crippen molar-refractivity contribution >= 4 is 23.8 Å². The molecule has 0 radical (unpaired) electrons. The molecular weight excluding hydrogens is 311 g/mol. The molecule has 1 aromatic heterocycles. The lowest BCUT2D eigenvalue weighted by molar-refractivity contribution is -0.685. The summed E-state index contributed by atoms with van der Waals surface area (Å²) in [5.41, 5.74) is 1.66. The van der Waals surface area contributed by atoms with Gasteiger partial charge in [0.05, 0.1) is 11.9 Å². The van der Waals surface area contributed by atoms with E-state index in [0.29, 0.717) is 23.2 Å². The number of rotatable bonds is 2. The van der Waals surface area contributed by atoms with Crippen LogP contribution in [0.3, 0.4) is 0 Å². The molecule has 0 spiro atoms. The number of nitrogens with one attached hydrogen (secondary N) is 1. The van der Waals surface area contributed by atoms with Gasteiger partial charge in [0, 0.05) is 19.0 Å². The third-order valence-electron chi connectivity index (χ3n) is 4.71. The lowest BCUT2D eigenvalue weighted by Gasteiger charge is -2.28. The van der Waals surface area contributed by atoms with Gasteiger partial charge in [-0.2, -0.15) is 9.67 Å². The monoisotopic (exact) mass is 325 g/mol. The summed E-state index contributed by atoms with van der Waals surface area (Å²) in [5, 5.41) is 8.15. The summed E-state index contributed by atoms with van der Waals surface area (Å²) in [6.45, 7) is 0. The molecule has 1 atom stereocenters. The Bertz CT molecular complexity index is 942. The van der Waals surface area contributed by atoms with Gasteiger partial charge in [0.15, 0.2) is 5.69 Å². The van der Waals surface area contributed by atoms with Crippen LogP contribution in [0, 0.1) is 5.82 Å². The van der Waals surface area contributed by atoms with Crippen LogP contribution >= 0.6 is 0 Å². The van der Waals surface area contributed by atoms with Gasteiger partial charge in [0.25, 0.3) is 11.7 Å². The normalized spacial score (nSPS) is 22.2.